The average Bonchev–Trinajstić information content (AvgIpc) is 3.41. The molecule has 0 bridgehead atoms. The molecule has 0 saturated carbocycles. The molecule has 0 spiro atoms. The molecule has 1 heterocycles. The molecular formula is C26H24O7Pr. The van der Waals surface area contributed by atoms with Crippen molar-refractivity contribution in [3.05, 3.63) is 76.9 Å². The van der Waals surface area contributed by atoms with Crippen LogP contribution < -0.4 is 18.9 Å². The van der Waals surface area contributed by atoms with Crippen molar-refractivity contribution in [3.8, 4) is 28.7 Å². The Balaban J connectivity index is 0.00000274. The molecule has 0 amide bonds. The van der Waals surface area contributed by atoms with Crippen LogP contribution in [0.5, 0.6) is 28.7 Å². The molecule has 1 radical (unpaired) electrons. The van der Waals surface area contributed by atoms with Gasteiger partial charge < -0.3 is 29.2 Å². The third-order valence-corrected chi connectivity index (χ3v) is 6.36. The van der Waals surface area contributed by atoms with E-state index in [9.17, 15) is 15.0 Å². The Kier molecular flexibility index (Phi) is 7.24. The van der Waals surface area contributed by atoms with E-state index in [1.165, 1.54) is 0 Å². The molecule has 1 aliphatic carbocycles. The fourth-order valence-electron chi connectivity index (χ4n) is 5.01. The van der Waals surface area contributed by atoms with Crippen LogP contribution in [0.4, 0.5) is 0 Å². The number of aliphatic carboxylic acids is 1. The molecule has 5 rings (SSSR count). The quantitative estimate of drug-likeness (QED) is 0.437. The van der Waals surface area contributed by atoms with E-state index in [-0.39, 0.29) is 53.8 Å². The topological polar surface area (TPSA) is 94.5 Å². The largest absolute Gasteiger partial charge is 0.508 e. The van der Waals surface area contributed by atoms with E-state index in [0.717, 1.165) is 22.3 Å². The molecule has 0 aromatic heterocycles. The number of fused-ring (bicyclic) bond motifs is 2. The first-order chi connectivity index (χ1) is 16.0. The van der Waals surface area contributed by atoms with Gasteiger partial charge in [-0.05, 0) is 53.9 Å². The number of carboxylic acid groups (broad SMARTS) is 1. The minimum atomic E-state index is -0.934. The van der Waals surface area contributed by atoms with Crippen LogP contribution in [-0.4, -0.2) is 36.7 Å². The van der Waals surface area contributed by atoms with E-state index >= 15 is 0 Å². The maximum atomic E-state index is 12.8. The number of aromatic hydroxyl groups is 1. The van der Waals surface area contributed by atoms with Gasteiger partial charge in [0.25, 0.3) is 0 Å². The van der Waals surface area contributed by atoms with Crippen LogP contribution in [0.1, 0.15) is 41.0 Å². The summed E-state index contributed by atoms with van der Waals surface area (Å²) < 4.78 is 22.2. The van der Waals surface area contributed by atoms with Crippen molar-refractivity contribution in [1.82, 2.24) is 0 Å². The minimum Gasteiger partial charge on any atom is -0.508 e. The monoisotopic (exact) mass is 589 g/mol. The Labute approximate surface area is 230 Å². The fraction of sp³-hybridized carbons (Fsp3) is 0.269. The summed E-state index contributed by atoms with van der Waals surface area (Å²) in [7, 11) is 1.57. The molecule has 3 aromatic carbocycles. The first kappa shape index (κ1) is 24.6. The summed E-state index contributed by atoms with van der Waals surface area (Å²) in [6.45, 7) is 2.44. The van der Waals surface area contributed by atoms with Gasteiger partial charge in [0.15, 0.2) is 11.5 Å². The molecule has 173 valence electrons. The van der Waals surface area contributed by atoms with Gasteiger partial charge in [-0.2, -0.15) is 0 Å². The van der Waals surface area contributed by atoms with Crippen LogP contribution in [-0.2, 0) is 4.79 Å². The molecule has 0 unspecified atom stereocenters. The number of hydrogen-bond acceptors (Lipinski definition) is 6. The van der Waals surface area contributed by atoms with Crippen molar-refractivity contribution >= 4 is 5.97 Å². The maximum absolute atomic E-state index is 12.8. The van der Waals surface area contributed by atoms with Gasteiger partial charge in [-0.15, -0.1) is 0 Å². The Hall–Kier alpha value is -2.51. The second-order valence-corrected chi connectivity index (χ2v) is 8.08. The number of rotatable bonds is 6. The zero-order valence-electron chi connectivity index (χ0n) is 18.9. The number of hydrogen-bond donors (Lipinski definition) is 2. The summed E-state index contributed by atoms with van der Waals surface area (Å²) in [4.78, 5) is 12.8. The molecular weight excluding hydrogens is 565 g/mol. The average molecular weight is 589 g/mol. The van der Waals surface area contributed by atoms with Gasteiger partial charge in [-0.1, -0.05) is 18.2 Å². The third kappa shape index (κ3) is 4.20. The third-order valence-electron chi connectivity index (χ3n) is 6.36. The molecule has 34 heavy (non-hydrogen) atoms. The second-order valence-electron chi connectivity index (χ2n) is 8.08. The first-order valence-electron chi connectivity index (χ1n) is 10.8. The van der Waals surface area contributed by atoms with Gasteiger partial charge in [-0.25, -0.2) is 0 Å². The number of benzene rings is 3. The SMILES string of the molecule is CCOc1cc(OC)ccc1[C@@H]1c2cc(O)ccc2[C@H](c2ccc3c(c2)OCO3)[C@H]1C(=O)O.[Pr]. The summed E-state index contributed by atoms with van der Waals surface area (Å²) in [6, 6.07) is 16.0. The zero-order chi connectivity index (χ0) is 23.1. The number of carboxylic acids is 1. The van der Waals surface area contributed by atoms with Crippen molar-refractivity contribution < 1.29 is 75.2 Å². The van der Waals surface area contributed by atoms with Gasteiger partial charge in [0.1, 0.15) is 17.2 Å². The van der Waals surface area contributed by atoms with Crippen LogP contribution >= 0.6 is 0 Å². The number of phenols is 1. The smallest absolute Gasteiger partial charge is 0.308 e. The molecule has 1 aliphatic heterocycles. The standard InChI is InChI=1S/C26H24O7.Pr/c1-3-31-21-12-16(30-2)6-8-18(21)24-19-11-15(27)5-7-17(19)23(25(24)26(28)29)14-4-9-20-22(10-14)33-13-32-20;/h4-12,23-25,27H,3,13H2,1-2H3,(H,28,29);/t23-,24+,25+;/m0./s1. The van der Waals surface area contributed by atoms with Crippen LogP contribution in [0.2, 0.25) is 0 Å². The molecule has 8 heteroatoms. The first-order valence-corrected chi connectivity index (χ1v) is 10.8. The zero-order valence-corrected chi connectivity index (χ0v) is 22.6. The summed E-state index contributed by atoms with van der Waals surface area (Å²) in [6.07, 6.45) is 0. The van der Waals surface area contributed by atoms with Crippen molar-refractivity contribution in [1.29, 1.82) is 0 Å². The molecule has 3 aromatic rings. The van der Waals surface area contributed by atoms with E-state index in [2.05, 4.69) is 0 Å². The Bertz CT molecular complexity index is 1230. The predicted molar refractivity (Wildman–Crippen MR) is 120 cm³/mol. The normalized spacial score (nSPS) is 19.8. The number of methoxy groups -OCH3 is 1. The Morgan fingerprint density at radius 2 is 1.74 bits per heavy atom. The number of phenolic OH excluding ortho intramolecular Hbond substituents is 1. The van der Waals surface area contributed by atoms with E-state index in [4.69, 9.17) is 18.9 Å². The van der Waals surface area contributed by atoms with E-state index in [1.807, 2.05) is 31.2 Å². The Morgan fingerprint density at radius 1 is 0.971 bits per heavy atom. The van der Waals surface area contributed by atoms with Crippen LogP contribution in [0, 0.1) is 47.2 Å². The van der Waals surface area contributed by atoms with Crippen molar-refractivity contribution in [2.75, 3.05) is 20.5 Å². The van der Waals surface area contributed by atoms with Crippen molar-refractivity contribution in [2.24, 2.45) is 5.92 Å². The minimum absolute atomic E-state index is 0. The van der Waals surface area contributed by atoms with Crippen LogP contribution in [0.25, 0.3) is 0 Å². The molecule has 0 saturated heterocycles. The number of ether oxygens (including phenoxy) is 4. The fourth-order valence-corrected chi connectivity index (χ4v) is 5.01. The summed E-state index contributed by atoms with van der Waals surface area (Å²) in [5.74, 6) is -0.238. The van der Waals surface area contributed by atoms with Crippen molar-refractivity contribution in [2.45, 2.75) is 18.8 Å². The Morgan fingerprint density at radius 3 is 2.47 bits per heavy atom. The summed E-state index contributed by atoms with van der Waals surface area (Å²) in [5.41, 5.74) is 3.16. The van der Waals surface area contributed by atoms with Crippen LogP contribution in [0.15, 0.2) is 54.6 Å². The molecule has 2 aliphatic rings. The van der Waals surface area contributed by atoms with Crippen LogP contribution in [0.3, 0.4) is 0 Å². The molecule has 3 atom stereocenters. The molecule has 0 fully saturated rings. The van der Waals surface area contributed by atoms with Gasteiger partial charge in [0.2, 0.25) is 6.79 Å². The van der Waals surface area contributed by atoms with E-state index < -0.39 is 23.7 Å². The van der Waals surface area contributed by atoms with E-state index in [0.29, 0.717) is 29.6 Å². The number of carbonyl (C=O) groups is 1. The van der Waals surface area contributed by atoms with Gasteiger partial charge in [-0.3, -0.25) is 4.79 Å². The summed E-state index contributed by atoms with van der Waals surface area (Å²) >= 11 is 0. The predicted octanol–water partition coefficient (Wildman–Crippen LogP) is 4.51. The molecule has 7 nitrogen and oxygen atoms in total. The van der Waals surface area contributed by atoms with Gasteiger partial charge >= 0.3 is 5.97 Å². The molecule has 2 N–H and O–H groups in total. The van der Waals surface area contributed by atoms with Gasteiger partial charge in [0, 0.05) is 64.8 Å². The summed E-state index contributed by atoms with van der Waals surface area (Å²) in [5, 5.41) is 20.7. The maximum Gasteiger partial charge on any atom is 0.308 e. The van der Waals surface area contributed by atoms with Gasteiger partial charge in [0.05, 0.1) is 19.6 Å². The van der Waals surface area contributed by atoms with Crippen molar-refractivity contribution in [3.63, 3.8) is 0 Å². The second kappa shape index (κ2) is 10.0. The van der Waals surface area contributed by atoms with E-state index in [1.54, 1.807) is 37.4 Å².